The number of nitrogens with zero attached hydrogens (tertiary/aromatic N) is 2. The number of amides is 1. The maximum Gasteiger partial charge on any atom is 0.277 e. The highest BCUT2D eigenvalue weighted by atomic mass is 16.2. The van der Waals surface area contributed by atoms with Crippen LogP contribution in [0.3, 0.4) is 0 Å². The van der Waals surface area contributed by atoms with Crippen molar-refractivity contribution in [3.8, 4) is 0 Å². The third-order valence-corrected chi connectivity index (χ3v) is 5.53. The van der Waals surface area contributed by atoms with E-state index in [1.54, 1.807) is 0 Å². The van der Waals surface area contributed by atoms with E-state index < -0.39 is 0 Å². The van der Waals surface area contributed by atoms with Gasteiger partial charge in [-0.25, -0.2) is 0 Å². The summed E-state index contributed by atoms with van der Waals surface area (Å²) in [6, 6.07) is 25.4. The second-order valence-electron chi connectivity index (χ2n) is 7.70. The number of carbonyl (C=O) groups excluding carboxylic acids is 1. The molecule has 0 spiro atoms. The van der Waals surface area contributed by atoms with Crippen LogP contribution in [0.25, 0.3) is 10.8 Å². The zero-order valence-corrected chi connectivity index (χ0v) is 16.5. The zero-order chi connectivity index (χ0) is 19.3. The van der Waals surface area contributed by atoms with Gasteiger partial charge in [0.25, 0.3) is 5.91 Å². The standard InChI is InChI=1S/C24H27N3O/c1-25(18-20-11-12-21-7-5-6-8-22(21)17-20)19-24(28)27-15-13-26(14-16-27)23-9-3-2-4-10-23/h2-12,17H,13-16,18-19H2,1H3/p+1. The second kappa shape index (κ2) is 8.44. The lowest BCUT2D eigenvalue weighted by Gasteiger charge is -2.36. The van der Waals surface area contributed by atoms with Crippen LogP contribution in [0, 0.1) is 0 Å². The Hall–Kier alpha value is -2.85. The predicted molar refractivity (Wildman–Crippen MR) is 115 cm³/mol. The summed E-state index contributed by atoms with van der Waals surface area (Å²) in [6.07, 6.45) is 0. The quantitative estimate of drug-likeness (QED) is 0.742. The van der Waals surface area contributed by atoms with Gasteiger partial charge in [-0.1, -0.05) is 54.6 Å². The number of likely N-dealkylation sites (N-methyl/N-ethyl adjacent to an activating group) is 1. The molecule has 28 heavy (non-hydrogen) atoms. The van der Waals surface area contributed by atoms with Crippen molar-refractivity contribution in [2.24, 2.45) is 0 Å². The topological polar surface area (TPSA) is 28.0 Å². The summed E-state index contributed by atoms with van der Waals surface area (Å²) in [4.78, 5) is 18.3. The number of carbonyl (C=O) groups is 1. The minimum absolute atomic E-state index is 0.256. The summed E-state index contributed by atoms with van der Waals surface area (Å²) in [5.41, 5.74) is 2.52. The van der Waals surface area contributed by atoms with E-state index in [0.717, 1.165) is 32.7 Å². The van der Waals surface area contributed by atoms with E-state index in [4.69, 9.17) is 0 Å². The molecule has 3 aromatic rings. The van der Waals surface area contributed by atoms with E-state index >= 15 is 0 Å². The normalized spacial score (nSPS) is 15.6. The molecule has 0 aliphatic carbocycles. The SMILES string of the molecule is C[NH+](CC(=O)N1CCN(c2ccccc2)CC1)Cc1ccc2ccccc2c1. The molecule has 3 aromatic carbocycles. The zero-order valence-electron chi connectivity index (χ0n) is 16.5. The van der Waals surface area contributed by atoms with Crippen molar-refractivity contribution < 1.29 is 9.69 Å². The number of rotatable bonds is 5. The van der Waals surface area contributed by atoms with E-state index in [2.05, 4.69) is 78.7 Å². The number of quaternary nitrogens is 1. The molecule has 0 radical (unpaired) electrons. The van der Waals surface area contributed by atoms with Gasteiger partial charge in [-0.15, -0.1) is 0 Å². The van der Waals surface area contributed by atoms with Crippen LogP contribution in [-0.4, -0.2) is 50.6 Å². The fourth-order valence-corrected chi connectivity index (χ4v) is 3.98. The van der Waals surface area contributed by atoms with Crippen molar-refractivity contribution in [3.05, 3.63) is 78.4 Å². The fraction of sp³-hybridized carbons (Fsp3) is 0.292. The van der Waals surface area contributed by atoms with Crippen molar-refractivity contribution in [1.29, 1.82) is 0 Å². The van der Waals surface area contributed by atoms with Crippen LogP contribution in [0.5, 0.6) is 0 Å². The molecule has 1 atom stereocenters. The molecular formula is C24H28N3O+. The van der Waals surface area contributed by atoms with E-state index in [0.29, 0.717) is 6.54 Å². The molecule has 4 rings (SSSR count). The molecule has 0 aromatic heterocycles. The first kappa shape index (κ1) is 18.5. The minimum atomic E-state index is 0.256. The molecule has 1 aliphatic rings. The average Bonchev–Trinajstić information content (AvgIpc) is 2.74. The second-order valence-corrected chi connectivity index (χ2v) is 7.70. The van der Waals surface area contributed by atoms with Crippen LogP contribution in [0.2, 0.25) is 0 Å². The summed E-state index contributed by atoms with van der Waals surface area (Å²) in [5.74, 6) is 0.256. The monoisotopic (exact) mass is 374 g/mol. The number of benzene rings is 3. The van der Waals surface area contributed by atoms with E-state index in [1.165, 1.54) is 26.9 Å². The van der Waals surface area contributed by atoms with E-state index in [9.17, 15) is 4.79 Å². The predicted octanol–water partition coefficient (Wildman–Crippen LogP) is 2.20. The number of hydrogen-bond donors (Lipinski definition) is 1. The Morgan fingerprint density at radius 1 is 0.857 bits per heavy atom. The lowest BCUT2D eigenvalue weighted by Crippen LogP contribution is -3.09. The Kier molecular flexibility index (Phi) is 5.58. The molecule has 1 N–H and O–H groups in total. The highest BCUT2D eigenvalue weighted by molar-refractivity contribution is 5.83. The third-order valence-electron chi connectivity index (χ3n) is 5.53. The Balaban J connectivity index is 1.29. The highest BCUT2D eigenvalue weighted by Crippen LogP contribution is 2.16. The molecule has 1 unspecified atom stereocenters. The fourth-order valence-electron chi connectivity index (χ4n) is 3.98. The molecule has 1 saturated heterocycles. The van der Waals surface area contributed by atoms with Gasteiger partial charge in [0.05, 0.1) is 7.05 Å². The van der Waals surface area contributed by atoms with Gasteiger partial charge in [0.15, 0.2) is 6.54 Å². The van der Waals surface area contributed by atoms with Gasteiger partial charge in [-0.05, 0) is 29.0 Å². The number of anilines is 1. The summed E-state index contributed by atoms with van der Waals surface area (Å²) in [7, 11) is 2.10. The Morgan fingerprint density at radius 3 is 2.29 bits per heavy atom. The first-order valence-electron chi connectivity index (χ1n) is 10.1. The summed E-state index contributed by atoms with van der Waals surface area (Å²) in [6.45, 7) is 4.81. The Labute approximate surface area is 167 Å². The molecule has 1 amide bonds. The van der Waals surface area contributed by atoms with Gasteiger partial charge < -0.3 is 14.7 Å². The summed E-state index contributed by atoms with van der Waals surface area (Å²) < 4.78 is 0. The van der Waals surface area contributed by atoms with E-state index in [-0.39, 0.29) is 5.91 Å². The van der Waals surface area contributed by atoms with Crippen LogP contribution in [0.15, 0.2) is 72.8 Å². The molecule has 1 aliphatic heterocycles. The molecule has 144 valence electrons. The minimum Gasteiger partial charge on any atom is -0.368 e. The average molecular weight is 375 g/mol. The van der Waals surface area contributed by atoms with Crippen LogP contribution in [-0.2, 0) is 11.3 Å². The van der Waals surface area contributed by atoms with Gasteiger partial charge in [0.1, 0.15) is 6.54 Å². The van der Waals surface area contributed by atoms with Gasteiger partial charge in [0, 0.05) is 37.4 Å². The highest BCUT2D eigenvalue weighted by Gasteiger charge is 2.23. The van der Waals surface area contributed by atoms with Crippen molar-refractivity contribution >= 4 is 22.4 Å². The molecule has 4 heteroatoms. The molecule has 0 saturated carbocycles. The number of para-hydroxylation sites is 1. The molecule has 1 fully saturated rings. The van der Waals surface area contributed by atoms with Crippen LogP contribution in [0.4, 0.5) is 5.69 Å². The van der Waals surface area contributed by atoms with Gasteiger partial charge >= 0.3 is 0 Å². The van der Waals surface area contributed by atoms with Crippen molar-refractivity contribution in [2.45, 2.75) is 6.54 Å². The van der Waals surface area contributed by atoms with Crippen LogP contribution >= 0.6 is 0 Å². The van der Waals surface area contributed by atoms with Crippen LogP contribution in [0.1, 0.15) is 5.56 Å². The van der Waals surface area contributed by atoms with Crippen molar-refractivity contribution in [2.75, 3.05) is 44.7 Å². The summed E-state index contributed by atoms with van der Waals surface area (Å²) in [5, 5.41) is 2.52. The Morgan fingerprint density at radius 2 is 1.54 bits per heavy atom. The maximum atomic E-state index is 12.7. The lowest BCUT2D eigenvalue weighted by molar-refractivity contribution is -0.885. The molecular weight excluding hydrogens is 346 g/mol. The number of hydrogen-bond acceptors (Lipinski definition) is 2. The Bertz CT molecular complexity index is 933. The molecule has 4 nitrogen and oxygen atoms in total. The van der Waals surface area contributed by atoms with Crippen molar-refractivity contribution in [3.63, 3.8) is 0 Å². The van der Waals surface area contributed by atoms with Crippen molar-refractivity contribution in [1.82, 2.24) is 4.90 Å². The third kappa shape index (κ3) is 4.34. The van der Waals surface area contributed by atoms with Gasteiger partial charge in [-0.2, -0.15) is 0 Å². The van der Waals surface area contributed by atoms with Crippen LogP contribution < -0.4 is 9.80 Å². The van der Waals surface area contributed by atoms with E-state index in [1.807, 2.05) is 11.0 Å². The summed E-state index contributed by atoms with van der Waals surface area (Å²) >= 11 is 0. The molecule has 1 heterocycles. The first-order chi connectivity index (χ1) is 13.7. The van der Waals surface area contributed by atoms with Gasteiger partial charge in [-0.3, -0.25) is 4.79 Å². The number of fused-ring (bicyclic) bond motifs is 1. The largest absolute Gasteiger partial charge is 0.368 e. The number of piperazine rings is 1. The number of nitrogens with one attached hydrogen (secondary N) is 1. The maximum absolute atomic E-state index is 12.7. The first-order valence-corrected chi connectivity index (χ1v) is 10.1. The lowest BCUT2D eigenvalue weighted by atomic mass is 10.1. The van der Waals surface area contributed by atoms with Gasteiger partial charge in [0.2, 0.25) is 0 Å². The molecule has 0 bridgehead atoms. The smallest absolute Gasteiger partial charge is 0.277 e.